The number of methoxy groups -OCH3 is 3. The van der Waals surface area contributed by atoms with E-state index in [1.54, 1.807) is 25.3 Å². The molecular formula is C22H30N4O6S. The molecule has 1 aliphatic rings. The average molecular weight is 479 g/mol. The van der Waals surface area contributed by atoms with Crippen molar-refractivity contribution in [3.05, 3.63) is 42.0 Å². The molecule has 0 aromatic heterocycles. The van der Waals surface area contributed by atoms with E-state index in [1.807, 2.05) is 0 Å². The molecule has 0 bridgehead atoms. The highest BCUT2D eigenvalue weighted by Gasteiger charge is 2.22. The molecule has 10 nitrogen and oxygen atoms in total. The third-order valence-electron chi connectivity index (χ3n) is 5.22. The van der Waals surface area contributed by atoms with Crippen molar-refractivity contribution in [1.82, 2.24) is 10.6 Å². The first-order valence-electron chi connectivity index (χ1n) is 10.5. The molecule has 2 aromatic carbocycles. The topological polar surface area (TPSA) is 118 Å². The summed E-state index contributed by atoms with van der Waals surface area (Å²) in [6, 6.07) is 9.38. The van der Waals surface area contributed by atoms with Crippen LogP contribution in [0.3, 0.4) is 0 Å². The number of hydrogen-bond donors (Lipinski definition) is 3. The van der Waals surface area contributed by atoms with Crippen molar-refractivity contribution in [2.24, 2.45) is 0 Å². The first kappa shape index (κ1) is 24.6. The van der Waals surface area contributed by atoms with Crippen LogP contribution in [0.4, 0.5) is 11.4 Å². The Labute approximate surface area is 194 Å². The van der Waals surface area contributed by atoms with Crippen molar-refractivity contribution < 1.29 is 27.4 Å². The van der Waals surface area contributed by atoms with Gasteiger partial charge in [-0.05, 0) is 30.3 Å². The summed E-state index contributed by atoms with van der Waals surface area (Å²) in [5, 5.41) is 6.03. The number of sulfonamides is 1. The van der Waals surface area contributed by atoms with Gasteiger partial charge >= 0.3 is 0 Å². The lowest BCUT2D eigenvalue weighted by molar-refractivity contribution is 0.0937. The molecule has 1 saturated heterocycles. The van der Waals surface area contributed by atoms with Crippen molar-refractivity contribution >= 4 is 27.3 Å². The number of hydrogen-bond acceptors (Lipinski definition) is 8. The van der Waals surface area contributed by atoms with Gasteiger partial charge in [0, 0.05) is 51.5 Å². The molecule has 3 rings (SSSR count). The summed E-state index contributed by atoms with van der Waals surface area (Å²) in [5.74, 6) is 0.409. The van der Waals surface area contributed by atoms with Crippen molar-refractivity contribution in [2.75, 3.05) is 70.3 Å². The van der Waals surface area contributed by atoms with Gasteiger partial charge in [-0.25, -0.2) is 8.42 Å². The van der Waals surface area contributed by atoms with Crippen LogP contribution in [0.15, 0.2) is 41.3 Å². The smallest absolute Gasteiger partial charge is 0.262 e. The zero-order valence-electron chi connectivity index (χ0n) is 19.0. The molecule has 11 heteroatoms. The Bertz CT molecular complexity index is 1070. The van der Waals surface area contributed by atoms with E-state index in [9.17, 15) is 13.2 Å². The zero-order chi connectivity index (χ0) is 23.8. The highest BCUT2D eigenvalue weighted by Crippen LogP contribution is 2.33. The molecule has 1 amide bonds. The lowest BCUT2D eigenvalue weighted by atomic mass is 10.1. The minimum atomic E-state index is -3.97. The van der Waals surface area contributed by atoms with Gasteiger partial charge < -0.3 is 29.7 Å². The summed E-state index contributed by atoms with van der Waals surface area (Å²) in [6.45, 7) is 3.71. The molecule has 0 aliphatic carbocycles. The summed E-state index contributed by atoms with van der Waals surface area (Å²) in [4.78, 5) is 14.6. The van der Waals surface area contributed by atoms with E-state index in [0.29, 0.717) is 54.7 Å². The van der Waals surface area contributed by atoms with Crippen molar-refractivity contribution in [1.29, 1.82) is 0 Å². The van der Waals surface area contributed by atoms with Crippen LogP contribution in [0.2, 0.25) is 0 Å². The molecule has 3 N–H and O–H groups in total. The maximum absolute atomic E-state index is 13.2. The van der Waals surface area contributed by atoms with Crippen LogP contribution in [0.25, 0.3) is 0 Å². The molecule has 0 radical (unpaired) electrons. The van der Waals surface area contributed by atoms with E-state index in [-0.39, 0.29) is 10.8 Å². The van der Waals surface area contributed by atoms with Crippen molar-refractivity contribution in [2.45, 2.75) is 4.90 Å². The third kappa shape index (κ3) is 6.06. The number of ether oxygens (including phenoxy) is 3. The Morgan fingerprint density at radius 3 is 2.42 bits per heavy atom. The molecule has 0 saturated carbocycles. The maximum Gasteiger partial charge on any atom is 0.262 e. The SMILES string of the molecule is COCCNC(=O)c1ccc(N2CCNCC2)c(NS(=O)(=O)c2ccc(OC)c(OC)c2)c1. The molecule has 1 aliphatic heterocycles. The molecule has 0 atom stereocenters. The van der Waals surface area contributed by atoms with E-state index < -0.39 is 10.0 Å². The number of nitrogens with one attached hydrogen (secondary N) is 3. The lowest BCUT2D eigenvalue weighted by Gasteiger charge is -2.31. The minimum Gasteiger partial charge on any atom is -0.493 e. The fourth-order valence-electron chi connectivity index (χ4n) is 3.50. The summed E-state index contributed by atoms with van der Waals surface area (Å²) in [5.41, 5.74) is 1.37. The predicted molar refractivity (Wildman–Crippen MR) is 126 cm³/mol. The van der Waals surface area contributed by atoms with E-state index in [1.165, 1.54) is 32.4 Å². The van der Waals surface area contributed by atoms with Crippen LogP contribution in [0.1, 0.15) is 10.4 Å². The Balaban J connectivity index is 1.95. The van der Waals surface area contributed by atoms with E-state index >= 15 is 0 Å². The first-order chi connectivity index (χ1) is 15.9. The number of rotatable bonds is 10. The van der Waals surface area contributed by atoms with Gasteiger partial charge in [0.1, 0.15) is 0 Å². The predicted octanol–water partition coefficient (Wildman–Crippen LogP) is 1.29. The van der Waals surface area contributed by atoms with Crippen LogP contribution >= 0.6 is 0 Å². The van der Waals surface area contributed by atoms with Gasteiger partial charge in [0.2, 0.25) is 0 Å². The summed E-state index contributed by atoms with van der Waals surface area (Å²) in [7, 11) is 0.496. The number of benzene rings is 2. The monoisotopic (exact) mass is 478 g/mol. The fourth-order valence-corrected chi connectivity index (χ4v) is 4.58. The van der Waals surface area contributed by atoms with Gasteiger partial charge in [0.25, 0.3) is 15.9 Å². The number of carbonyl (C=O) groups is 1. The van der Waals surface area contributed by atoms with Gasteiger partial charge in [-0.2, -0.15) is 0 Å². The second-order valence-electron chi connectivity index (χ2n) is 7.34. The molecule has 1 fully saturated rings. The van der Waals surface area contributed by atoms with E-state index in [0.717, 1.165) is 13.1 Å². The quantitative estimate of drug-likeness (QED) is 0.437. The Morgan fingerprint density at radius 1 is 1.03 bits per heavy atom. The number of amides is 1. The molecule has 0 spiro atoms. The van der Waals surface area contributed by atoms with E-state index in [2.05, 4.69) is 20.3 Å². The Morgan fingerprint density at radius 2 is 1.76 bits per heavy atom. The van der Waals surface area contributed by atoms with Crippen molar-refractivity contribution in [3.8, 4) is 11.5 Å². The molecule has 1 heterocycles. The van der Waals surface area contributed by atoms with Crippen LogP contribution in [-0.4, -0.2) is 75.0 Å². The van der Waals surface area contributed by atoms with Crippen molar-refractivity contribution in [3.63, 3.8) is 0 Å². The van der Waals surface area contributed by atoms with Gasteiger partial charge in [0.05, 0.1) is 37.1 Å². The van der Waals surface area contributed by atoms with E-state index in [4.69, 9.17) is 14.2 Å². The second kappa shape index (κ2) is 11.2. The fraction of sp³-hybridized carbons (Fsp3) is 0.409. The summed E-state index contributed by atoms with van der Waals surface area (Å²) >= 11 is 0. The van der Waals surface area contributed by atoms with Gasteiger partial charge in [0.15, 0.2) is 11.5 Å². The van der Waals surface area contributed by atoms with Gasteiger partial charge in [-0.1, -0.05) is 0 Å². The summed E-state index contributed by atoms with van der Waals surface area (Å²) < 4.78 is 44.5. The Kier molecular flexibility index (Phi) is 8.37. The van der Waals surface area contributed by atoms with Crippen LogP contribution in [0, 0.1) is 0 Å². The normalized spacial score (nSPS) is 14.0. The molecule has 33 heavy (non-hydrogen) atoms. The van der Waals surface area contributed by atoms with Crippen LogP contribution < -0.4 is 29.7 Å². The molecular weight excluding hydrogens is 448 g/mol. The number of piperazine rings is 1. The van der Waals surface area contributed by atoms with Gasteiger partial charge in [-0.3, -0.25) is 9.52 Å². The number of anilines is 2. The lowest BCUT2D eigenvalue weighted by Crippen LogP contribution is -2.43. The van der Waals surface area contributed by atoms with Crippen LogP contribution in [0.5, 0.6) is 11.5 Å². The largest absolute Gasteiger partial charge is 0.493 e. The number of nitrogens with zero attached hydrogens (tertiary/aromatic N) is 1. The molecule has 180 valence electrons. The van der Waals surface area contributed by atoms with Crippen LogP contribution in [-0.2, 0) is 14.8 Å². The minimum absolute atomic E-state index is 0.0151. The number of carbonyl (C=O) groups excluding carboxylic acids is 1. The van der Waals surface area contributed by atoms with Gasteiger partial charge in [-0.15, -0.1) is 0 Å². The average Bonchev–Trinajstić information content (AvgIpc) is 2.83. The highest BCUT2D eigenvalue weighted by molar-refractivity contribution is 7.92. The third-order valence-corrected chi connectivity index (χ3v) is 6.58. The first-order valence-corrected chi connectivity index (χ1v) is 12.0. The second-order valence-corrected chi connectivity index (χ2v) is 9.02. The summed E-state index contributed by atoms with van der Waals surface area (Å²) in [6.07, 6.45) is 0. The Hall–Kier alpha value is -3.02. The zero-order valence-corrected chi connectivity index (χ0v) is 19.8. The standard InChI is InChI=1S/C22H30N4O6S/c1-30-13-10-24-22(27)16-4-6-19(26-11-8-23-9-12-26)18(14-16)25-33(28,29)17-5-7-20(31-2)21(15-17)32-3/h4-7,14-15,23,25H,8-13H2,1-3H3,(H,24,27). The molecule has 2 aromatic rings. The maximum atomic E-state index is 13.2. The molecule has 0 unspecified atom stereocenters. The highest BCUT2D eigenvalue weighted by atomic mass is 32.2.